The molecular weight excluding hydrogens is 350 g/mol. The summed E-state index contributed by atoms with van der Waals surface area (Å²) in [5.74, 6) is -0.0997. The van der Waals surface area contributed by atoms with Gasteiger partial charge in [-0.05, 0) is 44.7 Å². The quantitative estimate of drug-likeness (QED) is 0.828. The second-order valence-electron chi connectivity index (χ2n) is 6.62. The number of aryl methyl sites for hydroxylation is 1. The molecule has 134 valence electrons. The molecular formula is C16H24ClN3O3S. The lowest BCUT2D eigenvalue weighted by atomic mass is 10.1. The van der Waals surface area contributed by atoms with Crippen LogP contribution in [0, 0.1) is 6.92 Å². The third-order valence-corrected chi connectivity index (χ3v) is 6.60. The zero-order valence-corrected chi connectivity index (χ0v) is 15.3. The molecule has 3 N–H and O–H groups in total. The van der Waals surface area contributed by atoms with Gasteiger partial charge in [-0.1, -0.05) is 17.7 Å². The van der Waals surface area contributed by atoms with E-state index >= 15 is 0 Å². The van der Waals surface area contributed by atoms with Gasteiger partial charge in [0.1, 0.15) is 0 Å². The van der Waals surface area contributed by atoms with Crippen molar-refractivity contribution in [1.82, 2.24) is 9.62 Å². The highest BCUT2D eigenvalue weighted by Crippen LogP contribution is 2.32. The molecule has 0 bridgehead atoms. The highest BCUT2D eigenvalue weighted by atomic mass is 35.5. The zero-order valence-electron chi connectivity index (χ0n) is 13.7. The molecule has 1 aliphatic heterocycles. The standard InChI is InChI=1S/C16H23N3O3S.ClH/c1-12-2-4-14(5-3-12)23(21,22)19-10-6-13(7-11-19)18-15(20)16(17)8-9-16;/h2-5,13H,6-11,17H2,1H3,(H,18,20);1H. The minimum atomic E-state index is -3.45. The Bertz CT molecular complexity index is 694. The van der Waals surface area contributed by atoms with Gasteiger partial charge in [0, 0.05) is 19.1 Å². The molecule has 24 heavy (non-hydrogen) atoms. The molecule has 1 saturated carbocycles. The average Bonchev–Trinajstić information content (AvgIpc) is 3.27. The lowest BCUT2D eigenvalue weighted by Crippen LogP contribution is -2.51. The Kier molecular flexibility index (Phi) is 5.59. The van der Waals surface area contributed by atoms with E-state index in [0.29, 0.717) is 30.8 Å². The summed E-state index contributed by atoms with van der Waals surface area (Å²) in [5, 5.41) is 2.96. The van der Waals surface area contributed by atoms with Gasteiger partial charge in [0.05, 0.1) is 10.4 Å². The van der Waals surface area contributed by atoms with Gasteiger partial charge in [-0.2, -0.15) is 4.31 Å². The van der Waals surface area contributed by atoms with Crippen molar-refractivity contribution in [2.45, 2.75) is 49.1 Å². The second-order valence-corrected chi connectivity index (χ2v) is 8.56. The first-order chi connectivity index (χ1) is 10.8. The van der Waals surface area contributed by atoms with Gasteiger partial charge in [0.25, 0.3) is 0 Å². The Balaban J connectivity index is 0.00000208. The van der Waals surface area contributed by atoms with E-state index in [2.05, 4.69) is 5.32 Å². The van der Waals surface area contributed by atoms with Crippen LogP contribution in [-0.2, 0) is 14.8 Å². The minimum absolute atomic E-state index is 0. The topological polar surface area (TPSA) is 92.5 Å². The molecule has 1 aromatic rings. The van der Waals surface area contributed by atoms with E-state index in [9.17, 15) is 13.2 Å². The van der Waals surface area contributed by atoms with Gasteiger partial charge < -0.3 is 11.1 Å². The highest BCUT2D eigenvalue weighted by molar-refractivity contribution is 7.89. The monoisotopic (exact) mass is 373 g/mol. The molecule has 2 fully saturated rings. The number of piperidine rings is 1. The van der Waals surface area contributed by atoms with E-state index in [1.54, 1.807) is 24.3 Å². The van der Waals surface area contributed by atoms with Gasteiger partial charge in [-0.3, -0.25) is 4.79 Å². The number of carbonyl (C=O) groups excluding carboxylic acids is 1. The van der Waals surface area contributed by atoms with Crippen LogP contribution in [0.3, 0.4) is 0 Å². The fraction of sp³-hybridized carbons (Fsp3) is 0.562. The Labute approximate surface area is 149 Å². The minimum Gasteiger partial charge on any atom is -0.352 e. The molecule has 0 radical (unpaired) electrons. The Hall–Kier alpha value is -1.15. The van der Waals surface area contributed by atoms with Gasteiger partial charge >= 0.3 is 0 Å². The number of hydrogen-bond donors (Lipinski definition) is 2. The van der Waals surface area contributed by atoms with Crippen molar-refractivity contribution in [2.24, 2.45) is 5.73 Å². The lowest BCUT2D eigenvalue weighted by molar-refractivity contribution is -0.124. The first-order valence-corrected chi connectivity index (χ1v) is 9.42. The number of sulfonamides is 1. The summed E-state index contributed by atoms with van der Waals surface area (Å²) >= 11 is 0. The lowest BCUT2D eigenvalue weighted by Gasteiger charge is -2.32. The van der Waals surface area contributed by atoms with Crippen LogP contribution in [-0.4, -0.2) is 43.3 Å². The Morgan fingerprint density at radius 2 is 1.75 bits per heavy atom. The largest absolute Gasteiger partial charge is 0.352 e. The number of hydrogen-bond acceptors (Lipinski definition) is 4. The van der Waals surface area contributed by atoms with Crippen molar-refractivity contribution < 1.29 is 13.2 Å². The summed E-state index contributed by atoms with van der Waals surface area (Å²) in [6, 6.07) is 6.90. The summed E-state index contributed by atoms with van der Waals surface area (Å²) in [5.41, 5.74) is 6.23. The fourth-order valence-electron chi connectivity index (χ4n) is 2.79. The molecule has 8 heteroatoms. The summed E-state index contributed by atoms with van der Waals surface area (Å²) in [6.07, 6.45) is 2.71. The van der Waals surface area contributed by atoms with E-state index in [1.807, 2.05) is 6.92 Å². The third-order valence-electron chi connectivity index (χ3n) is 4.69. The molecule has 6 nitrogen and oxygen atoms in total. The van der Waals surface area contributed by atoms with Crippen LogP contribution in [0.2, 0.25) is 0 Å². The van der Waals surface area contributed by atoms with Gasteiger partial charge in [0.2, 0.25) is 15.9 Å². The zero-order chi connectivity index (χ0) is 16.7. The third kappa shape index (κ3) is 3.91. The van der Waals surface area contributed by atoms with Crippen molar-refractivity contribution >= 4 is 28.3 Å². The highest BCUT2D eigenvalue weighted by Gasteiger charge is 2.46. The molecule has 0 spiro atoms. The first kappa shape index (κ1) is 19.2. The Morgan fingerprint density at radius 1 is 1.21 bits per heavy atom. The Morgan fingerprint density at radius 3 is 2.25 bits per heavy atom. The second kappa shape index (κ2) is 7.00. The molecule has 1 aliphatic carbocycles. The normalized spacial score (nSPS) is 20.9. The number of rotatable bonds is 4. The van der Waals surface area contributed by atoms with Crippen LogP contribution in [0.5, 0.6) is 0 Å². The van der Waals surface area contributed by atoms with E-state index in [1.165, 1.54) is 4.31 Å². The maximum Gasteiger partial charge on any atom is 0.243 e. The van der Waals surface area contributed by atoms with Gasteiger partial charge in [-0.25, -0.2) is 8.42 Å². The van der Waals surface area contributed by atoms with Gasteiger partial charge in [0.15, 0.2) is 0 Å². The molecule has 3 rings (SSSR count). The van der Waals surface area contributed by atoms with Crippen LogP contribution in [0.1, 0.15) is 31.2 Å². The molecule has 1 aromatic carbocycles. The smallest absolute Gasteiger partial charge is 0.243 e. The number of carbonyl (C=O) groups is 1. The van der Waals surface area contributed by atoms with Crippen LogP contribution in [0.15, 0.2) is 29.2 Å². The molecule has 2 aliphatic rings. The first-order valence-electron chi connectivity index (χ1n) is 7.98. The van der Waals surface area contributed by atoms with Crippen molar-refractivity contribution in [3.8, 4) is 0 Å². The van der Waals surface area contributed by atoms with Crippen LogP contribution < -0.4 is 11.1 Å². The van der Waals surface area contributed by atoms with E-state index in [0.717, 1.165) is 18.4 Å². The number of nitrogens with zero attached hydrogens (tertiary/aromatic N) is 1. The predicted octanol–water partition coefficient (Wildman–Crippen LogP) is 1.18. The maximum absolute atomic E-state index is 12.6. The fourth-order valence-corrected chi connectivity index (χ4v) is 4.26. The van der Waals surface area contributed by atoms with Crippen LogP contribution in [0.25, 0.3) is 0 Å². The van der Waals surface area contributed by atoms with Crippen molar-refractivity contribution in [3.63, 3.8) is 0 Å². The number of nitrogens with one attached hydrogen (secondary N) is 1. The summed E-state index contributed by atoms with van der Waals surface area (Å²) in [4.78, 5) is 12.3. The molecule has 1 saturated heterocycles. The molecule has 1 amide bonds. The summed E-state index contributed by atoms with van der Waals surface area (Å²) in [6.45, 7) is 2.76. The van der Waals surface area contributed by atoms with Crippen molar-refractivity contribution in [3.05, 3.63) is 29.8 Å². The molecule has 0 aromatic heterocycles. The maximum atomic E-state index is 12.6. The van der Waals surface area contributed by atoms with Crippen molar-refractivity contribution in [1.29, 1.82) is 0 Å². The summed E-state index contributed by atoms with van der Waals surface area (Å²) < 4.78 is 26.7. The predicted molar refractivity (Wildman–Crippen MR) is 94.5 cm³/mol. The number of halogens is 1. The van der Waals surface area contributed by atoms with E-state index in [-0.39, 0.29) is 24.4 Å². The summed E-state index contributed by atoms with van der Waals surface area (Å²) in [7, 11) is -3.45. The average molecular weight is 374 g/mol. The number of nitrogens with two attached hydrogens (primary N) is 1. The van der Waals surface area contributed by atoms with Crippen LogP contribution >= 0.6 is 12.4 Å². The van der Waals surface area contributed by atoms with Gasteiger partial charge in [-0.15, -0.1) is 12.4 Å². The number of benzene rings is 1. The van der Waals surface area contributed by atoms with Crippen molar-refractivity contribution in [2.75, 3.05) is 13.1 Å². The molecule has 0 unspecified atom stereocenters. The number of amides is 1. The van der Waals surface area contributed by atoms with E-state index in [4.69, 9.17) is 5.73 Å². The van der Waals surface area contributed by atoms with E-state index < -0.39 is 15.6 Å². The molecule has 1 heterocycles. The SMILES string of the molecule is Cc1ccc(S(=O)(=O)N2CCC(NC(=O)C3(N)CC3)CC2)cc1.Cl. The van der Waals surface area contributed by atoms with Crippen LogP contribution in [0.4, 0.5) is 0 Å². The molecule has 0 atom stereocenters.